The number of hydrogen-bond acceptors (Lipinski definition) is 5. The lowest BCUT2D eigenvalue weighted by atomic mass is 9.98. The summed E-state index contributed by atoms with van der Waals surface area (Å²) in [6.07, 6.45) is -0.696. The van der Waals surface area contributed by atoms with Crippen molar-refractivity contribution in [2.75, 3.05) is 13.2 Å². The smallest absolute Gasteiger partial charge is 0.407 e. The lowest BCUT2D eigenvalue weighted by molar-refractivity contribution is -0.156. The van der Waals surface area contributed by atoms with E-state index in [1.165, 1.54) is 0 Å². The fourth-order valence-electron chi connectivity index (χ4n) is 3.86. The Balaban J connectivity index is 1.58. The number of carboxylic acid groups (broad SMARTS) is 1. The molecule has 2 aromatic carbocycles. The lowest BCUT2D eigenvalue weighted by Crippen LogP contribution is -2.48. The molecule has 0 heterocycles. The maximum Gasteiger partial charge on any atom is 0.407 e. The summed E-state index contributed by atoms with van der Waals surface area (Å²) in [6, 6.07) is 15.6. The molecule has 1 aliphatic carbocycles. The van der Waals surface area contributed by atoms with Crippen LogP contribution in [0.15, 0.2) is 48.5 Å². The molecule has 33 heavy (non-hydrogen) atoms. The average Bonchev–Trinajstić information content (AvgIpc) is 3.09. The Morgan fingerprint density at radius 1 is 1.03 bits per heavy atom. The van der Waals surface area contributed by atoms with Gasteiger partial charge < -0.3 is 25.6 Å². The molecule has 176 valence electrons. The molecule has 4 N–H and O–H groups in total. The van der Waals surface area contributed by atoms with Crippen molar-refractivity contribution in [1.29, 1.82) is 0 Å². The number of rotatable bonds is 9. The SMILES string of the molecule is CC(C)C(CC(=O)NCC(C)(O)C(=O)O)NC(=O)OCC1c2ccccc2-c2ccccc21. The summed E-state index contributed by atoms with van der Waals surface area (Å²) in [5, 5.41) is 23.8. The Morgan fingerprint density at radius 2 is 1.58 bits per heavy atom. The van der Waals surface area contributed by atoms with Crippen LogP contribution in [-0.2, 0) is 14.3 Å². The largest absolute Gasteiger partial charge is 0.479 e. The minimum Gasteiger partial charge on any atom is -0.479 e. The van der Waals surface area contributed by atoms with Gasteiger partial charge in [-0.2, -0.15) is 0 Å². The van der Waals surface area contributed by atoms with Crippen molar-refractivity contribution >= 4 is 18.0 Å². The molecule has 0 spiro atoms. The molecule has 0 fully saturated rings. The number of fused-ring (bicyclic) bond motifs is 3. The minimum absolute atomic E-state index is 0.0674. The van der Waals surface area contributed by atoms with Gasteiger partial charge in [0.1, 0.15) is 6.61 Å². The van der Waals surface area contributed by atoms with Gasteiger partial charge in [-0.15, -0.1) is 0 Å². The first-order chi connectivity index (χ1) is 15.6. The number of nitrogens with one attached hydrogen (secondary N) is 2. The molecule has 2 atom stereocenters. The highest BCUT2D eigenvalue weighted by molar-refractivity contribution is 5.81. The van der Waals surface area contributed by atoms with Crippen molar-refractivity contribution in [3.8, 4) is 11.1 Å². The molecule has 0 saturated heterocycles. The van der Waals surface area contributed by atoms with Gasteiger partial charge in [0.15, 0.2) is 5.60 Å². The first kappa shape index (κ1) is 24.3. The predicted molar refractivity (Wildman–Crippen MR) is 123 cm³/mol. The van der Waals surface area contributed by atoms with Gasteiger partial charge in [-0.3, -0.25) is 4.79 Å². The molecule has 2 unspecified atom stereocenters. The fourth-order valence-corrected chi connectivity index (χ4v) is 3.86. The van der Waals surface area contributed by atoms with E-state index in [1.54, 1.807) is 0 Å². The van der Waals surface area contributed by atoms with Crippen LogP contribution in [0.1, 0.15) is 44.2 Å². The Bertz CT molecular complexity index is 988. The fraction of sp³-hybridized carbons (Fsp3) is 0.400. The van der Waals surface area contributed by atoms with Crippen LogP contribution in [0, 0.1) is 5.92 Å². The van der Waals surface area contributed by atoms with Gasteiger partial charge in [-0.1, -0.05) is 62.4 Å². The average molecular weight is 455 g/mol. The van der Waals surface area contributed by atoms with E-state index in [0.29, 0.717) is 0 Å². The molecule has 8 nitrogen and oxygen atoms in total. The predicted octanol–water partition coefficient (Wildman–Crippen LogP) is 2.89. The number of carbonyl (C=O) groups excluding carboxylic acids is 2. The highest BCUT2D eigenvalue weighted by atomic mass is 16.5. The summed E-state index contributed by atoms with van der Waals surface area (Å²) in [4.78, 5) is 35.8. The van der Waals surface area contributed by atoms with Gasteiger partial charge in [0.2, 0.25) is 5.91 Å². The Labute approximate surface area is 193 Å². The van der Waals surface area contributed by atoms with E-state index in [9.17, 15) is 19.5 Å². The third-order valence-electron chi connectivity index (χ3n) is 5.95. The molecule has 0 aliphatic heterocycles. The van der Waals surface area contributed by atoms with Crippen molar-refractivity contribution in [3.05, 3.63) is 59.7 Å². The zero-order chi connectivity index (χ0) is 24.2. The number of benzene rings is 2. The molecule has 0 radical (unpaired) electrons. The molecule has 2 aromatic rings. The van der Waals surface area contributed by atoms with E-state index >= 15 is 0 Å². The van der Waals surface area contributed by atoms with Crippen molar-refractivity contribution in [2.24, 2.45) is 5.92 Å². The molecule has 0 aromatic heterocycles. The monoisotopic (exact) mass is 454 g/mol. The lowest BCUT2D eigenvalue weighted by Gasteiger charge is -2.24. The van der Waals surface area contributed by atoms with Gasteiger partial charge in [-0.05, 0) is 35.1 Å². The molecule has 0 saturated carbocycles. The first-order valence-corrected chi connectivity index (χ1v) is 10.9. The Morgan fingerprint density at radius 3 is 2.09 bits per heavy atom. The number of aliphatic hydroxyl groups is 1. The Hall–Kier alpha value is -3.39. The topological polar surface area (TPSA) is 125 Å². The van der Waals surface area contributed by atoms with Gasteiger partial charge in [-0.25, -0.2) is 9.59 Å². The van der Waals surface area contributed by atoms with E-state index in [0.717, 1.165) is 29.2 Å². The quantitative estimate of drug-likeness (QED) is 0.462. The van der Waals surface area contributed by atoms with Crippen molar-refractivity contribution in [2.45, 2.75) is 44.8 Å². The van der Waals surface area contributed by atoms with Crippen LogP contribution in [0.3, 0.4) is 0 Å². The van der Waals surface area contributed by atoms with Crippen LogP contribution in [0.4, 0.5) is 4.79 Å². The number of amides is 2. The van der Waals surface area contributed by atoms with E-state index in [-0.39, 0.29) is 24.9 Å². The maximum absolute atomic E-state index is 12.5. The second-order valence-corrected chi connectivity index (χ2v) is 8.88. The second-order valence-electron chi connectivity index (χ2n) is 8.88. The molecular weight excluding hydrogens is 424 g/mol. The van der Waals surface area contributed by atoms with E-state index in [4.69, 9.17) is 9.84 Å². The van der Waals surface area contributed by atoms with Gasteiger partial charge >= 0.3 is 12.1 Å². The number of alkyl carbamates (subject to hydrolysis) is 1. The normalized spacial score (nSPS) is 15.2. The highest BCUT2D eigenvalue weighted by Gasteiger charge is 2.32. The van der Waals surface area contributed by atoms with Crippen LogP contribution >= 0.6 is 0 Å². The molecule has 8 heteroatoms. The summed E-state index contributed by atoms with van der Waals surface area (Å²) in [5.41, 5.74) is 2.42. The van der Waals surface area contributed by atoms with E-state index in [1.807, 2.05) is 50.2 Å². The summed E-state index contributed by atoms with van der Waals surface area (Å²) >= 11 is 0. The van der Waals surface area contributed by atoms with E-state index in [2.05, 4.69) is 22.8 Å². The van der Waals surface area contributed by atoms with Gasteiger partial charge in [0.05, 0.1) is 6.54 Å². The summed E-state index contributed by atoms with van der Waals surface area (Å²) in [7, 11) is 0. The van der Waals surface area contributed by atoms with Gasteiger partial charge in [0, 0.05) is 18.4 Å². The third kappa shape index (κ3) is 5.70. The zero-order valence-corrected chi connectivity index (χ0v) is 19.0. The van der Waals surface area contributed by atoms with Crippen molar-refractivity contribution in [1.82, 2.24) is 10.6 Å². The van der Waals surface area contributed by atoms with Crippen molar-refractivity contribution in [3.63, 3.8) is 0 Å². The molecule has 0 bridgehead atoms. The number of aliphatic carboxylic acids is 1. The number of carboxylic acids is 1. The third-order valence-corrected chi connectivity index (χ3v) is 5.95. The summed E-state index contributed by atoms with van der Waals surface area (Å²) in [5.74, 6) is -2.05. The second kappa shape index (κ2) is 10.0. The maximum atomic E-state index is 12.5. The van der Waals surface area contributed by atoms with Crippen LogP contribution in [0.2, 0.25) is 0 Å². The van der Waals surface area contributed by atoms with Crippen LogP contribution in [0.5, 0.6) is 0 Å². The molecule has 2 amide bonds. The summed E-state index contributed by atoms with van der Waals surface area (Å²) in [6.45, 7) is 4.55. The van der Waals surface area contributed by atoms with Crippen LogP contribution in [-0.4, -0.2) is 53.0 Å². The minimum atomic E-state index is -2.07. The first-order valence-electron chi connectivity index (χ1n) is 10.9. The van der Waals surface area contributed by atoms with Crippen LogP contribution < -0.4 is 10.6 Å². The standard InChI is InChI=1S/C25H30N2O6/c1-15(2)21(12-22(28)26-14-25(3,32)23(29)30)27-24(31)33-13-20-18-10-6-4-8-16(18)17-9-5-7-11-19(17)20/h4-11,15,20-21,32H,12-14H2,1-3H3,(H,26,28)(H,27,31)(H,29,30). The van der Waals surface area contributed by atoms with E-state index < -0.39 is 36.2 Å². The molecular formula is C25H30N2O6. The highest BCUT2D eigenvalue weighted by Crippen LogP contribution is 2.44. The molecule has 3 rings (SSSR count). The number of ether oxygens (including phenoxy) is 1. The zero-order valence-electron chi connectivity index (χ0n) is 19.0. The van der Waals surface area contributed by atoms with Crippen LogP contribution in [0.25, 0.3) is 11.1 Å². The Kier molecular flexibility index (Phi) is 7.38. The summed E-state index contributed by atoms with van der Waals surface area (Å²) < 4.78 is 5.55. The van der Waals surface area contributed by atoms with Gasteiger partial charge in [0.25, 0.3) is 0 Å². The number of carbonyl (C=O) groups is 3. The molecule has 1 aliphatic rings. The number of hydrogen-bond donors (Lipinski definition) is 4. The van der Waals surface area contributed by atoms with Crippen molar-refractivity contribution < 1.29 is 29.3 Å².